The van der Waals surface area contributed by atoms with Crippen molar-refractivity contribution in [2.24, 2.45) is 0 Å². The fraction of sp³-hybridized carbons (Fsp3) is 0. The van der Waals surface area contributed by atoms with E-state index >= 15 is 0 Å². The summed E-state index contributed by atoms with van der Waals surface area (Å²) >= 11 is 28.8. The third-order valence-electron chi connectivity index (χ3n) is 0. The first-order chi connectivity index (χ1) is 16.0. The molecular formula is H24O24P8S8. The molecule has 256 valence electrons. The zero-order chi connectivity index (χ0) is 36.0. The average molecular weight is 912 g/mol. The summed E-state index contributed by atoms with van der Waals surface area (Å²) in [4.78, 5) is 181. The minimum Gasteiger partial charge on any atom is -0.325 e. The summed E-state index contributed by atoms with van der Waals surface area (Å²) in [6.45, 7) is -30.4. The Kier molecular flexibility index (Phi) is 44.5. The predicted octanol–water partition coefficient (Wildman–Crippen LogP) is -6.50. The Labute approximate surface area is 264 Å². The van der Waals surface area contributed by atoms with Gasteiger partial charge in [0, 0.05) is 0 Å². The van der Waals surface area contributed by atoms with E-state index in [0.717, 1.165) is 0 Å². The van der Waals surface area contributed by atoms with Crippen LogP contribution in [0, 0.1) is 0 Å². The van der Waals surface area contributed by atoms with E-state index in [4.69, 9.17) is 117 Å². The van der Waals surface area contributed by atoms with Gasteiger partial charge in [-0.1, -0.05) is 0 Å². The molecule has 24 N–H and O–H groups in total. The van der Waals surface area contributed by atoms with E-state index in [0.29, 0.717) is 0 Å². The number of hydrogen-bond donors (Lipinski definition) is 24. The van der Waals surface area contributed by atoms with Gasteiger partial charge < -0.3 is 117 Å². The van der Waals surface area contributed by atoms with Crippen LogP contribution >= 0.6 is 53.7 Å². The van der Waals surface area contributed by atoms with Crippen molar-refractivity contribution in [3.63, 3.8) is 0 Å². The van der Waals surface area contributed by atoms with Crippen LogP contribution in [0.25, 0.3) is 0 Å². The maximum absolute atomic E-state index is 7.56. The molecule has 0 aliphatic heterocycles. The highest BCUT2D eigenvalue weighted by atomic mass is 32.5. The van der Waals surface area contributed by atoms with E-state index in [1.165, 1.54) is 0 Å². The zero-order valence-electron chi connectivity index (χ0n) is 17.6. The highest BCUT2D eigenvalue weighted by molar-refractivity contribution is 8.08. The Bertz CT molecular complexity index is 664. The molecule has 0 saturated carbocycles. The molecule has 0 aromatic carbocycles. The highest BCUT2D eigenvalue weighted by Gasteiger charge is 1.95. The second-order valence-corrected chi connectivity index (χ2v) is 24.1. The Morgan fingerprint density at radius 3 is 0.150 bits per heavy atom. The summed E-state index contributed by atoms with van der Waals surface area (Å²) in [5, 5.41) is 0. The van der Waals surface area contributed by atoms with Crippen molar-refractivity contribution in [3.8, 4) is 0 Å². The predicted molar refractivity (Wildman–Crippen MR) is 168 cm³/mol. The van der Waals surface area contributed by atoms with Crippen LogP contribution < -0.4 is 0 Å². The maximum atomic E-state index is 7.56. The SMILES string of the molecule is OP(O)(O)=S.OP(O)(O)=S.OP(O)(O)=S.OP(O)(O)=S.OP(O)(O)=S.OP(O)(O)=S.OP(O)(O)=S.OP(O)(O)=S. The third kappa shape index (κ3) is 4000. The zero-order valence-corrected chi connectivity index (χ0v) is 31.3. The molecule has 0 saturated heterocycles. The first-order valence-corrected chi connectivity index (χ1v) is 27.5. The molecule has 0 aliphatic rings. The van der Waals surface area contributed by atoms with Crippen LogP contribution in [0.4, 0.5) is 0 Å². The average Bonchev–Trinajstić information content (AvgIpc) is 2.16. The smallest absolute Gasteiger partial charge is 0.319 e. The molecule has 0 heterocycles. The van der Waals surface area contributed by atoms with Crippen LogP contribution in [0.5, 0.6) is 0 Å². The standard InChI is InChI=1S/8H3O3PS/c8*1-4(2,3)5/h8*(H3,1,2,3,5). The van der Waals surface area contributed by atoms with Gasteiger partial charge in [0.2, 0.25) is 0 Å². The fourth-order valence-corrected chi connectivity index (χ4v) is 0. The van der Waals surface area contributed by atoms with Crippen LogP contribution in [-0.4, -0.2) is 117 Å². The first-order valence-electron chi connectivity index (χ1n) is 6.26. The Morgan fingerprint density at radius 2 is 0.150 bits per heavy atom. The molecule has 0 atom stereocenters. The van der Waals surface area contributed by atoms with Gasteiger partial charge in [0.25, 0.3) is 0 Å². The molecule has 0 radical (unpaired) electrons. The van der Waals surface area contributed by atoms with Crippen molar-refractivity contribution in [3.05, 3.63) is 0 Å². The normalized spacial score (nSPS) is 11.8. The van der Waals surface area contributed by atoms with Crippen LogP contribution in [-0.2, 0) is 94.5 Å². The lowest BCUT2D eigenvalue weighted by Crippen LogP contribution is -1.65. The first kappa shape index (κ1) is 63.0. The van der Waals surface area contributed by atoms with E-state index in [-0.39, 0.29) is 0 Å². The van der Waals surface area contributed by atoms with Gasteiger partial charge in [0.1, 0.15) is 0 Å². The molecule has 24 nitrogen and oxygen atoms in total. The Balaban J connectivity index is -0.0000000488. The third-order valence-corrected chi connectivity index (χ3v) is 0. The van der Waals surface area contributed by atoms with E-state index in [2.05, 4.69) is 94.5 Å². The number of rotatable bonds is 0. The van der Waals surface area contributed by atoms with Gasteiger partial charge in [-0.15, -0.1) is 0 Å². The van der Waals surface area contributed by atoms with Crippen molar-refractivity contribution < 1.29 is 117 Å². The molecule has 0 spiro atoms. The Hall–Kier alpha value is 4.24. The summed E-state index contributed by atoms with van der Waals surface area (Å²) in [6.07, 6.45) is 0. The molecule has 0 aromatic rings. The van der Waals surface area contributed by atoms with Gasteiger partial charge in [0.05, 0.1) is 0 Å². The quantitative estimate of drug-likeness (QED) is 0.100. The molecular weight excluding hydrogens is 888 g/mol. The Morgan fingerprint density at radius 1 is 0.150 bits per heavy atom. The second kappa shape index (κ2) is 28.3. The van der Waals surface area contributed by atoms with Gasteiger partial charge in [-0.3, -0.25) is 0 Å². The van der Waals surface area contributed by atoms with Crippen molar-refractivity contribution in [2.45, 2.75) is 0 Å². The van der Waals surface area contributed by atoms with E-state index in [9.17, 15) is 0 Å². The lowest BCUT2D eigenvalue weighted by atomic mass is 15.8. The van der Waals surface area contributed by atoms with Crippen molar-refractivity contribution in [1.29, 1.82) is 0 Å². The van der Waals surface area contributed by atoms with Crippen LogP contribution in [0.2, 0.25) is 0 Å². The maximum Gasteiger partial charge on any atom is 0.319 e. The fourth-order valence-electron chi connectivity index (χ4n) is 0. The van der Waals surface area contributed by atoms with E-state index < -0.39 is 53.7 Å². The van der Waals surface area contributed by atoms with Crippen LogP contribution in [0.15, 0.2) is 0 Å². The van der Waals surface area contributed by atoms with Gasteiger partial charge in [-0.05, 0) is 94.5 Å². The lowest BCUT2D eigenvalue weighted by molar-refractivity contribution is 0.361. The molecule has 40 heteroatoms. The topological polar surface area (TPSA) is 486 Å². The molecule has 0 rings (SSSR count). The lowest BCUT2D eigenvalue weighted by Gasteiger charge is -1.88. The van der Waals surface area contributed by atoms with Crippen LogP contribution in [0.3, 0.4) is 0 Å². The van der Waals surface area contributed by atoms with Gasteiger partial charge in [-0.25, -0.2) is 0 Å². The molecule has 0 unspecified atom stereocenters. The highest BCUT2D eigenvalue weighted by Crippen LogP contribution is 2.29. The minimum atomic E-state index is -3.81. The summed E-state index contributed by atoms with van der Waals surface area (Å²) in [6, 6.07) is 0. The summed E-state index contributed by atoms with van der Waals surface area (Å²) in [5.41, 5.74) is 0. The monoisotopic (exact) mass is 912 g/mol. The van der Waals surface area contributed by atoms with Gasteiger partial charge in [0.15, 0.2) is 0 Å². The molecule has 0 amide bonds. The minimum absolute atomic E-state index is 3.60. The van der Waals surface area contributed by atoms with Crippen molar-refractivity contribution in [1.82, 2.24) is 0 Å². The molecule has 0 bridgehead atoms. The van der Waals surface area contributed by atoms with E-state index in [1.54, 1.807) is 0 Å². The summed E-state index contributed by atoms with van der Waals surface area (Å²) < 4.78 is 0. The largest absolute Gasteiger partial charge is 0.325 e. The van der Waals surface area contributed by atoms with Crippen molar-refractivity contribution in [2.75, 3.05) is 0 Å². The summed E-state index contributed by atoms with van der Waals surface area (Å²) in [5.74, 6) is 0. The second-order valence-electron chi connectivity index (χ2n) is 4.11. The molecule has 0 fully saturated rings. The van der Waals surface area contributed by atoms with Crippen molar-refractivity contribution >= 4 is 148 Å². The van der Waals surface area contributed by atoms with E-state index in [1.807, 2.05) is 0 Å². The molecule has 0 aliphatic carbocycles. The van der Waals surface area contributed by atoms with Gasteiger partial charge in [-0.2, -0.15) is 0 Å². The van der Waals surface area contributed by atoms with Gasteiger partial charge >= 0.3 is 53.7 Å². The molecule has 40 heavy (non-hydrogen) atoms. The summed E-state index contributed by atoms with van der Waals surface area (Å²) in [7, 11) is 0. The van der Waals surface area contributed by atoms with Crippen LogP contribution in [0.1, 0.15) is 0 Å². The molecule has 0 aromatic heterocycles. The number of hydrogen-bond acceptors (Lipinski definition) is 8.